The zero-order valence-electron chi connectivity index (χ0n) is 13.3. The van der Waals surface area contributed by atoms with Crippen molar-refractivity contribution in [2.24, 2.45) is 11.1 Å². The van der Waals surface area contributed by atoms with E-state index in [-0.39, 0.29) is 22.3 Å². The molecule has 0 fully saturated rings. The molecule has 3 N–H and O–H groups in total. The molecule has 134 valence electrons. The van der Waals surface area contributed by atoms with Gasteiger partial charge in [0.25, 0.3) is 0 Å². The second-order valence-corrected chi connectivity index (χ2v) is 9.19. The second kappa shape index (κ2) is 6.75. The van der Waals surface area contributed by atoms with E-state index in [2.05, 4.69) is 4.72 Å². The predicted octanol–water partition coefficient (Wildman–Crippen LogP) is 0.864. The van der Waals surface area contributed by atoms with Gasteiger partial charge in [0.15, 0.2) is 0 Å². The quantitative estimate of drug-likeness (QED) is 0.796. The highest BCUT2D eigenvalue weighted by Gasteiger charge is 2.23. The fraction of sp³-hybridized carbons (Fsp3) is 0.250. The Hall–Kier alpha value is -1.94. The van der Waals surface area contributed by atoms with Gasteiger partial charge < -0.3 is 4.74 Å². The highest BCUT2D eigenvalue weighted by atomic mass is 32.2. The third kappa shape index (κ3) is 4.18. The molecular weight excluding hydrogens is 364 g/mol. The molecule has 2 aromatic rings. The van der Waals surface area contributed by atoms with E-state index in [9.17, 15) is 16.8 Å². The molecule has 0 bridgehead atoms. The van der Waals surface area contributed by atoms with Crippen molar-refractivity contribution in [3.63, 3.8) is 0 Å². The smallest absolute Gasteiger partial charge is 0.240 e. The summed E-state index contributed by atoms with van der Waals surface area (Å²) in [5, 5.41) is 5.05. The van der Waals surface area contributed by atoms with Crippen molar-refractivity contribution in [3.8, 4) is 5.75 Å². The topological polar surface area (TPSA) is 116 Å². The Labute approximate surface area is 146 Å². The van der Waals surface area contributed by atoms with Crippen LogP contribution in [0.3, 0.4) is 0 Å². The molecule has 7 nitrogen and oxygen atoms in total. The van der Waals surface area contributed by atoms with Crippen LogP contribution in [-0.2, 0) is 26.5 Å². The van der Waals surface area contributed by atoms with Gasteiger partial charge in [-0.2, -0.15) is 0 Å². The maximum Gasteiger partial charge on any atom is 0.240 e. The van der Waals surface area contributed by atoms with Gasteiger partial charge >= 0.3 is 0 Å². The fourth-order valence-corrected chi connectivity index (χ4v) is 4.45. The van der Waals surface area contributed by atoms with Crippen LogP contribution in [0.4, 0.5) is 0 Å². The Bertz CT molecular complexity index is 987. The van der Waals surface area contributed by atoms with Crippen molar-refractivity contribution in [2.45, 2.75) is 16.2 Å². The number of para-hydroxylation sites is 1. The molecule has 0 aromatic heterocycles. The monoisotopic (exact) mass is 382 g/mol. The summed E-state index contributed by atoms with van der Waals surface area (Å²) in [6.07, 6.45) is 0.704. The molecule has 0 amide bonds. The maximum atomic E-state index is 12.4. The molecule has 1 unspecified atom stereocenters. The van der Waals surface area contributed by atoms with Gasteiger partial charge in [-0.1, -0.05) is 24.3 Å². The van der Waals surface area contributed by atoms with E-state index in [0.29, 0.717) is 13.0 Å². The van der Waals surface area contributed by atoms with Crippen LogP contribution in [0.1, 0.15) is 5.56 Å². The Morgan fingerprint density at radius 1 is 1.04 bits per heavy atom. The first-order chi connectivity index (χ1) is 11.8. The number of hydrogen-bond donors (Lipinski definition) is 2. The van der Waals surface area contributed by atoms with Crippen LogP contribution in [0, 0.1) is 5.92 Å². The minimum Gasteiger partial charge on any atom is -0.493 e. The number of nitrogens with one attached hydrogen (secondary N) is 1. The molecule has 9 heteroatoms. The lowest BCUT2D eigenvalue weighted by Gasteiger charge is -2.25. The van der Waals surface area contributed by atoms with Gasteiger partial charge in [-0.05, 0) is 36.2 Å². The molecular formula is C16H18N2O5S2. The van der Waals surface area contributed by atoms with E-state index in [4.69, 9.17) is 9.88 Å². The van der Waals surface area contributed by atoms with Crippen LogP contribution in [-0.4, -0.2) is 30.0 Å². The average Bonchev–Trinajstić information content (AvgIpc) is 2.59. The minimum absolute atomic E-state index is 0.00824. The summed E-state index contributed by atoms with van der Waals surface area (Å²) < 4.78 is 55.7. The molecule has 0 saturated carbocycles. The Morgan fingerprint density at radius 2 is 1.76 bits per heavy atom. The molecule has 0 spiro atoms. The first kappa shape index (κ1) is 17.9. The van der Waals surface area contributed by atoms with Gasteiger partial charge in [0.1, 0.15) is 5.75 Å². The lowest BCUT2D eigenvalue weighted by Crippen LogP contribution is -2.34. The number of fused-ring (bicyclic) bond motifs is 1. The maximum absolute atomic E-state index is 12.4. The van der Waals surface area contributed by atoms with Crippen molar-refractivity contribution in [1.29, 1.82) is 0 Å². The number of benzene rings is 2. The Morgan fingerprint density at radius 3 is 2.52 bits per heavy atom. The molecule has 3 rings (SSSR count). The number of primary sulfonamides is 1. The van der Waals surface area contributed by atoms with Crippen LogP contribution in [0.15, 0.2) is 58.3 Å². The second-order valence-electron chi connectivity index (χ2n) is 5.86. The summed E-state index contributed by atoms with van der Waals surface area (Å²) in [7, 11) is -7.81. The predicted molar refractivity (Wildman–Crippen MR) is 92.1 cm³/mol. The SMILES string of the molecule is NS(=O)(=O)c1cccc(S(=O)(=O)NCC2COc3ccccc3C2)c1. The van der Waals surface area contributed by atoms with E-state index in [1.54, 1.807) is 0 Å². The van der Waals surface area contributed by atoms with Crippen LogP contribution < -0.4 is 14.6 Å². The van der Waals surface area contributed by atoms with E-state index < -0.39 is 20.0 Å². The molecule has 25 heavy (non-hydrogen) atoms. The largest absolute Gasteiger partial charge is 0.493 e. The summed E-state index contributed by atoms with van der Waals surface area (Å²) >= 11 is 0. The third-order valence-corrected chi connectivity index (χ3v) is 6.29. The van der Waals surface area contributed by atoms with Crippen molar-refractivity contribution >= 4 is 20.0 Å². The summed E-state index contributed by atoms with van der Waals surface area (Å²) in [5.74, 6) is 0.813. The molecule has 1 atom stereocenters. The Balaban J connectivity index is 1.71. The van der Waals surface area contributed by atoms with E-state index in [1.165, 1.54) is 18.2 Å². The molecule has 1 aliphatic heterocycles. The van der Waals surface area contributed by atoms with E-state index in [1.807, 2.05) is 24.3 Å². The lowest BCUT2D eigenvalue weighted by molar-refractivity contribution is 0.223. The third-order valence-electron chi connectivity index (χ3n) is 3.96. The van der Waals surface area contributed by atoms with Crippen LogP contribution in [0.2, 0.25) is 0 Å². The van der Waals surface area contributed by atoms with E-state index in [0.717, 1.165) is 17.4 Å². The van der Waals surface area contributed by atoms with Crippen molar-refractivity contribution in [2.75, 3.05) is 13.2 Å². The summed E-state index contributed by atoms with van der Waals surface area (Å²) in [4.78, 5) is -0.388. The first-order valence-electron chi connectivity index (χ1n) is 7.59. The van der Waals surface area contributed by atoms with Crippen LogP contribution in [0.5, 0.6) is 5.75 Å². The van der Waals surface area contributed by atoms with Gasteiger partial charge in [0, 0.05) is 12.5 Å². The van der Waals surface area contributed by atoms with Crippen molar-refractivity contribution < 1.29 is 21.6 Å². The normalized spacial score (nSPS) is 17.6. The van der Waals surface area contributed by atoms with Gasteiger partial charge in [0.2, 0.25) is 20.0 Å². The van der Waals surface area contributed by atoms with Crippen LogP contribution in [0.25, 0.3) is 0 Å². The van der Waals surface area contributed by atoms with Crippen LogP contribution >= 0.6 is 0 Å². The average molecular weight is 382 g/mol. The molecule has 0 radical (unpaired) electrons. The highest BCUT2D eigenvalue weighted by molar-refractivity contribution is 7.90. The highest BCUT2D eigenvalue weighted by Crippen LogP contribution is 2.26. The fourth-order valence-electron chi connectivity index (χ4n) is 2.65. The Kier molecular flexibility index (Phi) is 4.83. The van der Waals surface area contributed by atoms with Crippen molar-refractivity contribution in [3.05, 3.63) is 54.1 Å². The molecule has 0 saturated heterocycles. The number of ether oxygens (including phenoxy) is 1. The number of sulfonamides is 2. The molecule has 1 aliphatic rings. The summed E-state index contributed by atoms with van der Waals surface area (Å²) in [6, 6.07) is 12.6. The summed E-state index contributed by atoms with van der Waals surface area (Å²) in [5.41, 5.74) is 1.04. The molecule has 1 heterocycles. The van der Waals surface area contributed by atoms with Crippen molar-refractivity contribution in [1.82, 2.24) is 4.72 Å². The number of hydrogen-bond acceptors (Lipinski definition) is 5. The molecule has 0 aliphatic carbocycles. The standard InChI is InChI=1S/C16H18N2O5S2/c17-24(19,20)14-5-3-6-15(9-14)25(21,22)18-10-12-8-13-4-1-2-7-16(13)23-11-12/h1-7,9,12,18H,8,10-11H2,(H2,17,19,20). The van der Waals surface area contributed by atoms with Gasteiger partial charge in [-0.15, -0.1) is 0 Å². The number of nitrogens with two attached hydrogens (primary N) is 1. The number of rotatable bonds is 5. The lowest BCUT2D eigenvalue weighted by atomic mass is 9.97. The molecule has 2 aromatic carbocycles. The van der Waals surface area contributed by atoms with Gasteiger partial charge in [0.05, 0.1) is 16.4 Å². The zero-order chi connectivity index (χ0) is 18.1. The zero-order valence-corrected chi connectivity index (χ0v) is 14.9. The summed E-state index contributed by atoms with van der Waals surface area (Å²) in [6.45, 7) is 0.604. The van der Waals surface area contributed by atoms with E-state index >= 15 is 0 Å². The van der Waals surface area contributed by atoms with Gasteiger partial charge in [-0.3, -0.25) is 0 Å². The first-order valence-corrected chi connectivity index (χ1v) is 10.6. The van der Waals surface area contributed by atoms with Gasteiger partial charge in [-0.25, -0.2) is 26.7 Å². The minimum atomic E-state index is -3.97.